The van der Waals surface area contributed by atoms with Crippen molar-refractivity contribution in [3.05, 3.63) is 30.0 Å². The van der Waals surface area contributed by atoms with E-state index in [2.05, 4.69) is 5.16 Å². The van der Waals surface area contributed by atoms with Crippen LogP contribution in [-0.4, -0.2) is 80.4 Å². The summed E-state index contributed by atoms with van der Waals surface area (Å²) >= 11 is 0. The molecule has 0 bridgehead atoms. The van der Waals surface area contributed by atoms with Gasteiger partial charge in [0.05, 0.1) is 25.9 Å². The Morgan fingerprint density at radius 1 is 1.22 bits per heavy atom. The Morgan fingerprint density at radius 3 is 2.69 bits per heavy atom. The van der Waals surface area contributed by atoms with Gasteiger partial charge >= 0.3 is 0 Å². The second-order valence-corrected chi connectivity index (χ2v) is 7.69. The third-order valence-electron chi connectivity index (χ3n) is 5.63. The first-order valence-electron chi connectivity index (χ1n) is 10.8. The summed E-state index contributed by atoms with van der Waals surface area (Å²) in [6.07, 6.45) is 2.05. The first kappa shape index (κ1) is 23.6. The molecule has 2 aromatic rings. The van der Waals surface area contributed by atoms with Crippen LogP contribution >= 0.6 is 0 Å². The van der Waals surface area contributed by atoms with Crippen molar-refractivity contribution < 1.29 is 28.3 Å². The summed E-state index contributed by atoms with van der Waals surface area (Å²) in [5, 5.41) is 4.00. The minimum Gasteiger partial charge on any atom is -0.497 e. The van der Waals surface area contributed by atoms with Crippen LogP contribution in [0.1, 0.15) is 36.7 Å². The Bertz CT molecular complexity index is 922. The van der Waals surface area contributed by atoms with E-state index in [1.165, 1.54) is 0 Å². The summed E-state index contributed by atoms with van der Waals surface area (Å²) in [5.74, 6) is 1.28. The molecule has 1 aromatic heterocycles. The third kappa shape index (κ3) is 5.59. The van der Waals surface area contributed by atoms with Crippen LogP contribution < -0.4 is 9.47 Å². The number of benzene rings is 1. The summed E-state index contributed by atoms with van der Waals surface area (Å²) in [5.41, 5.74) is 0.794. The smallest absolute Gasteiger partial charge is 0.276 e. The fourth-order valence-corrected chi connectivity index (χ4v) is 3.58. The molecule has 0 saturated carbocycles. The van der Waals surface area contributed by atoms with Gasteiger partial charge in [-0.3, -0.25) is 9.59 Å². The SMILES string of the molecule is CCN(C)C(=O)CCN(C[C@@H]1CCCO1)C(=O)c1cc(-c2cc(OC)ccc2OC)on1. The number of amides is 2. The molecule has 1 aliphatic heterocycles. The van der Waals surface area contributed by atoms with E-state index in [0.29, 0.717) is 42.5 Å². The maximum atomic E-state index is 13.3. The van der Waals surface area contributed by atoms with E-state index >= 15 is 0 Å². The normalized spacial score (nSPS) is 15.4. The Kier molecular flexibility index (Phi) is 8.10. The number of ether oxygens (including phenoxy) is 3. The molecule has 0 N–H and O–H groups in total. The fourth-order valence-electron chi connectivity index (χ4n) is 3.58. The maximum Gasteiger partial charge on any atom is 0.276 e. The van der Waals surface area contributed by atoms with Crippen LogP contribution in [0.15, 0.2) is 28.8 Å². The summed E-state index contributed by atoms with van der Waals surface area (Å²) < 4.78 is 21.9. The van der Waals surface area contributed by atoms with Crippen LogP contribution in [0.3, 0.4) is 0 Å². The van der Waals surface area contributed by atoms with Gasteiger partial charge in [-0.05, 0) is 38.0 Å². The molecule has 0 radical (unpaired) electrons. The lowest BCUT2D eigenvalue weighted by molar-refractivity contribution is -0.129. The largest absolute Gasteiger partial charge is 0.497 e. The minimum atomic E-state index is -0.302. The van der Waals surface area contributed by atoms with Gasteiger partial charge in [0.25, 0.3) is 5.91 Å². The van der Waals surface area contributed by atoms with Crippen molar-refractivity contribution in [3.8, 4) is 22.8 Å². The summed E-state index contributed by atoms with van der Waals surface area (Å²) in [7, 11) is 4.88. The molecule has 1 aliphatic rings. The monoisotopic (exact) mass is 445 g/mol. The molecule has 1 saturated heterocycles. The second-order valence-electron chi connectivity index (χ2n) is 7.69. The zero-order valence-electron chi connectivity index (χ0n) is 19.1. The first-order chi connectivity index (χ1) is 15.5. The van der Waals surface area contributed by atoms with Gasteiger partial charge in [-0.2, -0.15) is 0 Å². The molecule has 9 nitrogen and oxygen atoms in total. The molecule has 9 heteroatoms. The lowest BCUT2D eigenvalue weighted by Gasteiger charge is -2.25. The summed E-state index contributed by atoms with van der Waals surface area (Å²) in [4.78, 5) is 28.8. The molecule has 3 rings (SSSR count). The molecule has 174 valence electrons. The lowest BCUT2D eigenvalue weighted by atomic mass is 10.1. The summed E-state index contributed by atoms with van der Waals surface area (Å²) in [6, 6.07) is 6.88. The van der Waals surface area contributed by atoms with E-state index in [0.717, 1.165) is 12.8 Å². The van der Waals surface area contributed by atoms with E-state index in [9.17, 15) is 9.59 Å². The number of hydrogen-bond donors (Lipinski definition) is 0. The Morgan fingerprint density at radius 2 is 2.03 bits per heavy atom. The molecule has 0 spiro atoms. The number of hydrogen-bond acceptors (Lipinski definition) is 7. The highest BCUT2D eigenvalue weighted by molar-refractivity contribution is 5.93. The number of rotatable bonds is 10. The number of carbonyl (C=O) groups excluding carboxylic acids is 2. The number of methoxy groups -OCH3 is 2. The van der Waals surface area contributed by atoms with Crippen molar-refractivity contribution in [1.82, 2.24) is 15.0 Å². The Labute approximate surface area is 188 Å². The van der Waals surface area contributed by atoms with Gasteiger partial charge < -0.3 is 28.5 Å². The van der Waals surface area contributed by atoms with Crippen molar-refractivity contribution in [3.63, 3.8) is 0 Å². The molecule has 2 heterocycles. The standard InChI is InChI=1S/C23H31N3O6/c1-5-25(2)22(27)10-11-26(15-17-7-6-12-31-17)23(28)19-14-21(32-24-19)18-13-16(29-3)8-9-20(18)30-4/h8-9,13-14,17H,5-7,10-12,15H2,1-4H3/t17-/m0/s1. The highest BCUT2D eigenvalue weighted by atomic mass is 16.5. The lowest BCUT2D eigenvalue weighted by Crippen LogP contribution is -2.40. The van der Waals surface area contributed by atoms with Crippen LogP contribution in [0.5, 0.6) is 11.5 Å². The predicted molar refractivity (Wildman–Crippen MR) is 118 cm³/mol. The molecule has 1 aromatic carbocycles. The average Bonchev–Trinajstić information content (AvgIpc) is 3.52. The fraction of sp³-hybridized carbons (Fsp3) is 0.522. The zero-order valence-corrected chi connectivity index (χ0v) is 19.1. The number of aromatic nitrogens is 1. The van der Waals surface area contributed by atoms with Gasteiger partial charge in [0.2, 0.25) is 5.91 Å². The quantitative estimate of drug-likeness (QED) is 0.555. The third-order valence-corrected chi connectivity index (χ3v) is 5.63. The van der Waals surface area contributed by atoms with Crippen molar-refractivity contribution in [2.75, 3.05) is 47.5 Å². The molecular formula is C23H31N3O6. The first-order valence-corrected chi connectivity index (χ1v) is 10.8. The number of nitrogens with zero attached hydrogens (tertiary/aromatic N) is 3. The average molecular weight is 446 g/mol. The molecule has 1 fully saturated rings. The van der Waals surface area contributed by atoms with E-state index in [1.54, 1.807) is 55.3 Å². The van der Waals surface area contributed by atoms with Crippen molar-refractivity contribution in [2.24, 2.45) is 0 Å². The predicted octanol–water partition coefficient (Wildman–Crippen LogP) is 2.85. The maximum absolute atomic E-state index is 13.3. The Balaban J connectivity index is 1.80. The van der Waals surface area contributed by atoms with E-state index < -0.39 is 0 Å². The van der Waals surface area contributed by atoms with Gasteiger partial charge in [-0.1, -0.05) is 5.16 Å². The highest BCUT2D eigenvalue weighted by Crippen LogP contribution is 2.34. The van der Waals surface area contributed by atoms with Crippen LogP contribution in [0.4, 0.5) is 0 Å². The van der Waals surface area contributed by atoms with E-state index in [4.69, 9.17) is 18.7 Å². The minimum absolute atomic E-state index is 0.0143. The van der Waals surface area contributed by atoms with Crippen LogP contribution in [0, 0.1) is 0 Å². The molecule has 1 atom stereocenters. The Hall–Kier alpha value is -3.07. The van der Waals surface area contributed by atoms with Crippen molar-refractivity contribution in [1.29, 1.82) is 0 Å². The molecule has 2 amide bonds. The molecule has 32 heavy (non-hydrogen) atoms. The molecule has 0 unspecified atom stereocenters. The van der Waals surface area contributed by atoms with Gasteiger partial charge in [0.15, 0.2) is 11.5 Å². The van der Waals surface area contributed by atoms with Gasteiger partial charge in [-0.25, -0.2) is 0 Å². The van der Waals surface area contributed by atoms with Gasteiger partial charge in [0, 0.05) is 45.8 Å². The van der Waals surface area contributed by atoms with Gasteiger partial charge in [0.1, 0.15) is 11.5 Å². The topological polar surface area (TPSA) is 94.3 Å². The highest BCUT2D eigenvalue weighted by Gasteiger charge is 2.27. The van der Waals surface area contributed by atoms with E-state index in [-0.39, 0.29) is 36.6 Å². The van der Waals surface area contributed by atoms with Crippen LogP contribution in [0.25, 0.3) is 11.3 Å². The van der Waals surface area contributed by atoms with E-state index in [1.807, 2.05) is 6.92 Å². The molecule has 0 aliphatic carbocycles. The van der Waals surface area contributed by atoms with Crippen LogP contribution in [-0.2, 0) is 9.53 Å². The summed E-state index contributed by atoms with van der Waals surface area (Å²) in [6.45, 7) is 3.91. The van der Waals surface area contributed by atoms with Crippen LogP contribution in [0.2, 0.25) is 0 Å². The van der Waals surface area contributed by atoms with Gasteiger partial charge in [-0.15, -0.1) is 0 Å². The second kappa shape index (κ2) is 11.0. The zero-order chi connectivity index (χ0) is 23.1. The van der Waals surface area contributed by atoms with Crippen molar-refractivity contribution in [2.45, 2.75) is 32.3 Å². The molecular weight excluding hydrogens is 414 g/mol. The van der Waals surface area contributed by atoms with Crippen molar-refractivity contribution >= 4 is 11.8 Å². The number of carbonyl (C=O) groups is 2.